The van der Waals surface area contributed by atoms with Crippen molar-refractivity contribution in [2.75, 3.05) is 13.2 Å². The monoisotopic (exact) mass is 240 g/mol. The first-order valence-electron chi connectivity index (χ1n) is 5.40. The lowest BCUT2D eigenvalue weighted by Gasteiger charge is -2.12. The molecule has 0 heterocycles. The minimum Gasteiger partial charge on any atom is -0.494 e. The molecule has 5 nitrogen and oxygen atoms in total. The molecule has 0 aromatic heterocycles. The summed E-state index contributed by atoms with van der Waals surface area (Å²) in [6.07, 6.45) is -1.57. The van der Waals surface area contributed by atoms with E-state index in [9.17, 15) is 9.90 Å². The quantitative estimate of drug-likeness (QED) is 0.789. The Hall–Kier alpha value is -1.75. The first-order chi connectivity index (χ1) is 8.08. The Morgan fingerprint density at radius 2 is 1.65 bits per heavy atom. The molecule has 0 spiro atoms. The summed E-state index contributed by atoms with van der Waals surface area (Å²) >= 11 is 0. The van der Waals surface area contributed by atoms with Crippen molar-refractivity contribution in [2.45, 2.75) is 20.0 Å². The Bertz CT molecular complexity index is 364. The van der Waals surface area contributed by atoms with Gasteiger partial charge in [0.2, 0.25) is 0 Å². The highest BCUT2D eigenvalue weighted by Crippen LogP contribution is 2.27. The molecule has 17 heavy (non-hydrogen) atoms. The van der Waals surface area contributed by atoms with Crippen LogP contribution in [0.2, 0.25) is 0 Å². The second-order valence-electron chi connectivity index (χ2n) is 3.34. The Balaban J connectivity index is 3.06. The standard InChI is InChI=1S/C12H16O5/c1-3-16-9-5-8(11(13)12(14)15)6-10(7-9)17-4-2/h5-7,11,13H,3-4H2,1-2H3,(H,14,15)/t11-/m0/s1. The molecule has 2 N–H and O–H groups in total. The van der Waals surface area contributed by atoms with E-state index in [2.05, 4.69) is 0 Å². The van der Waals surface area contributed by atoms with E-state index in [0.29, 0.717) is 24.7 Å². The maximum Gasteiger partial charge on any atom is 0.337 e. The molecule has 0 bridgehead atoms. The van der Waals surface area contributed by atoms with Gasteiger partial charge in [-0.1, -0.05) is 0 Å². The lowest BCUT2D eigenvalue weighted by Crippen LogP contribution is -2.11. The van der Waals surface area contributed by atoms with Crippen molar-refractivity contribution in [3.63, 3.8) is 0 Å². The number of hydrogen-bond donors (Lipinski definition) is 2. The van der Waals surface area contributed by atoms with Gasteiger partial charge < -0.3 is 19.7 Å². The molecule has 1 aromatic carbocycles. The Kier molecular flexibility index (Phi) is 4.78. The normalized spacial score (nSPS) is 11.9. The number of carboxylic acid groups (broad SMARTS) is 1. The summed E-state index contributed by atoms with van der Waals surface area (Å²) in [5.41, 5.74) is 0.243. The Morgan fingerprint density at radius 3 is 2.00 bits per heavy atom. The summed E-state index contributed by atoms with van der Waals surface area (Å²) < 4.78 is 10.6. The first kappa shape index (κ1) is 13.3. The van der Waals surface area contributed by atoms with Crippen LogP contribution >= 0.6 is 0 Å². The second kappa shape index (κ2) is 6.10. The third-order valence-corrected chi connectivity index (χ3v) is 2.07. The minimum atomic E-state index is -1.57. The van der Waals surface area contributed by atoms with E-state index >= 15 is 0 Å². The molecule has 1 rings (SSSR count). The molecule has 1 atom stereocenters. The van der Waals surface area contributed by atoms with Gasteiger partial charge in [0.25, 0.3) is 0 Å². The van der Waals surface area contributed by atoms with Crippen LogP contribution in [0, 0.1) is 0 Å². The number of aliphatic carboxylic acids is 1. The van der Waals surface area contributed by atoms with E-state index in [-0.39, 0.29) is 5.56 Å². The molecule has 0 aliphatic heterocycles. The van der Waals surface area contributed by atoms with Gasteiger partial charge in [-0.05, 0) is 31.5 Å². The highest BCUT2D eigenvalue weighted by molar-refractivity contribution is 5.74. The predicted molar refractivity (Wildman–Crippen MR) is 61.4 cm³/mol. The highest BCUT2D eigenvalue weighted by Gasteiger charge is 2.17. The van der Waals surface area contributed by atoms with Gasteiger partial charge in [0.1, 0.15) is 11.5 Å². The zero-order chi connectivity index (χ0) is 12.8. The number of carboxylic acids is 1. The van der Waals surface area contributed by atoms with E-state index in [1.165, 1.54) is 12.1 Å². The van der Waals surface area contributed by atoms with Gasteiger partial charge in [0, 0.05) is 6.07 Å². The molecule has 0 saturated heterocycles. The van der Waals surface area contributed by atoms with E-state index in [1.54, 1.807) is 6.07 Å². The number of ether oxygens (including phenoxy) is 2. The van der Waals surface area contributed by atoms with Crippen LogP contribution in [0.3, 0.4) is 0 Å². The van der Waals surface area contributed by atoms with Crippen molar-refractivity contribution in [1.29, 1.82) is 0 Å². The molecule has 94 valence electrons. The molecule has 0 amide bonds. The molecular weight excluding hydrogens is 224 g/mol. The van der Waals surface area contributed by atoms with Crippen molar-refractivity contribution >= 4 is 5.97 Å². The topological polar surface area (TPSA) is 76.0 Å². The molecule has 5 heteroatoms. The van der Waals surface area contributed by atoms with Gasteiger partial charge in [0.05, 0.1) is 13.2 Å². The summed E-state index contributed by atoms with van der Waals surface area (Å²) in [6.45, 7) is 4.55. The van der Waals surface area contributed by atoms with Crippen LogP contribution in [0.1, 0.15) is 25.5 Å². The molecule has 0 aliphatic rings. The Morgan fingerprint density at radius 1 is 1.18 bits per heavy atom. The van der Waals surface area contributed by atoms with Gasteiger partial charge in [-0.25, -0.2) is 4.79 Å². The molecular formula is C12H16O5. The third kappa shape index (κ3) is 3.64. The van der Waals surface area contributed by atoms with Gasteiger partial charge in [-0.2, -0.15) is 0 Å². The van der Waals surface area contributed by atoms with Crippen molar-refractivity contribution in [2.24, 2.45) is 0 Å². The van der Waals surface area contributed by atoms with Crippen LogP contribution in [-0.2, 0) is 4.79 Å². The van der Waals surface area contributed by atoms with E-state index in [1.807, 2.05) is 13.8 Å². The van der Waals surface area contributed by atoms with Crippen molar-refractivity contribution in [3.05, 3.63) is 23.8 Å². The molecule has 1 aromatic rings. The lowest BCUT2D eigenvalue weighted by atomic mass is 10.1. The van der Waals surface area contributed by atoms with E-state index < -0.39 is 12.1 Å². The smallest absolute Gasteiger partial charge is 0.337 e. The van der Waals surface area contributed by atoms with Crippen LogP contribution in [-0.4, -0.2) is 29.4 Å². The lowest BCUT2D eigenvalue weighted by molar-refractivity contribution is -0.146. The summed E-state index contributed by atoms with van der Waals surface area (Å²) in [7, 11) is 0. The summed E-state index contributed by atoms with van der Waals surface area (Å²) in [5.74, 6) is -0.344. The summed E-state index contributed by atoms with van der Waals surface area (Å²) in [5, 5.41) is 18.2. The van der Waals surface area contributed by atoms with Crippen molar-refractivity contribution in [1.82, 2.24) is 0 Å². The second-order valence-corrected chi connectivity index (χ2v) is 3.34. The summed E-state index contributed by atoms with van der Waals surface area (Å²) in [4.78, 5) is 10.7. The molecule has 0 radical (unpaired) electrons. The zero-order valence-electron chi connectivity index (χ0n) is 9.84. The number of hydrogen-bond acceptors (Lipinski definition) is 4. The maximum absolute atomic E-state index is 10.7. The number of aliphatic hydroxyl groups excluding tert-OH is 1. The first-order valence-corrected chi connectivity index (χ1v) is 5.40. The number of aliphatic hydroxyl groups is 1. The fourth-order valence-electron chi connectivity index (χ4n) is 1.39. The number of carbonyl (C=O) groups is 1. The zero-order valence-corrected chi connectivity index (χ0v) is 9.84. The Labute approximate surface area is 99.6 Å². The van der Waals surface area contributed by atoms with E-state index in [0.717, 1.165) is 0 Å². The van der Waals surface area contributed by atoms with Crippen molar-refractivity contribution < 1.29 is 24.5 Å². The fraction of sp³-hybridized carbons (Fsp3) is 0.417. The SMILES string of the molecule is CCOc1cc(OCC)cc([C@H](O)C(=O)O)c1. The van der Waals surface area contributed by atoms with Crippen LogP contribution in [0.15, 0.2) is 18.2 Å². The largest absolute Gasteiger partial charge is 0.494 e. The number of rotatable bonds is 6. The van der Waals surface area contributed by atoms with Gasteiger partial charge >= 0.3 is 5.97 Å². The van der Waals surface area contributed by atoms with Crippen LogP contribution in [0.4, 0.5) is 0 Å². The fourth-order valence-corrected chi connectivity index (χ4v) is 1.39. The van der Waals surface area contributed by atoms with Gasteiger partial charge in [0.15, 0.2) is 6.10 Å². The third-order valence-electron chi connectivity index (χ3n) is 2.07. The summed E-state index contributed by atoms with van der Waals surface area (Å²) in [6, 6.07) is 4.64. The van der Waals surface area contributed by atoms with Crippen molar-refractivity contribution in [3.8, 4) is 11.5 Å². The van der Waals surface area contributed by atoms with Crippen LogP contribution < -0.4 is 9.47 Å². The van der Waals surface area contributed by atoms with Gasteiger partial charge in [-0.15, -0.1) is 0 Å². The van der Waals surface area contributed by atoms with Gasteiger partial charge in [-0.3, -0.25) is 0 Å². The molecule has 0 unspecified atom stereocenters. The molecule has 0 fully saturated rings. The van der Waals surface area contributed by atoms with Crippen LogP contribution in [0.5, 0.6) is 11.5 Å². The highest BCUT2D eigenvalue weighted by atomic mass is 16.5. The molecule has 0 saturated carbocycles. The molecule has 0 aliphatic carbocycles. The van der Waals surface area contributed by atoms with Crippen LogP contribution in [0.25, 0.3) is 0 Å². The minimum absolute atomic E-state index is 0.243. The predicted octanol–water partition coefficient (Wildman–Crippen LogP) is 1.60. The average Bonchev–Trinajstić information content (AvgIpc) is 2.28. The van der Waals surface area contributed by atoms with E-state index in [4.69, 9.17) is 14.6 Å². The average molecular weight is 240 g/mol. The maximum atomic E-state index is 10.7. The number of benzene rings is 1.